The highest BCUT2D eigenvalue weighted by Crippen LogP contribution is 2.15. The predicted octanol–water partition coefficient (Wildman–Crippen LogP) is 8.05. The van der Waals surface area contributed by atoms with E-state index in [1.165, 1.54) is 83.5 Å². The van der Waals surface area contributed by atoms with Gasteiger partial charge in [-0.15, -0.1) is 0 Å². The summed E-state index contributed by atoms with van der Waals surface area (Å²) in [6, 6.07) is 8.07. The van der Waals surface area contributed by atoms with Crippen molar-refractivity contribution >= 4 is 0 Å². The van der Waals surface area contributed by atoms with Crippen molar-refractivity contribution in [1.29, 1.82) is 0 Å². The lowest BCUT2D eigenvalue weighted by Crippen LogP contribution is -2.06. The maximum absolute atomic E-state index is 11.9. The van der Waals surface area contributed by atoms with Gasteiger partial charge in [0.2, 0.25) is 0 Å². The zero-order valence-corrected chi connectivity index (χ0v) is 20.1. The summed E-state index contributed by atoms with van der Waals surface area (Å²) in [6.45, 7) is 4.23. The molecule has 0 aliphatic carbocycles. The molecule has 1 rings (SSSR count). The van der Waals surface area contributed by atoms with Crippen LogP contribution in [0, 0.1) is 0 Å². The van der Waals surface area contributed by atoms with Crippen LogP contribution in [0.3, 0.4) is 0 Å². The van der Waals surface area contributed by atoms with Gasteiger partial charge in [-0.2, -0.15) is 0 Å². The topological polar surface area (TPSA) is 27.7 Å². The Labute approximate surface area is 191 Å². The van der Waals surface area contributed by atoms with Crippen molar-refractivity contribution < 1.29 is 18.6 Å². The lowest BCUT2D eigenvalue weighted by molar-refractivity contribution is 0.0361. The first-order valence-corrected chi connectivity index (χ1v) is 12.8. The van der Waals surface area contributed by atoms with E-state index < -0.39 is 6.67 Å². The zero-order chi connectivity index (χ0) is 22.2. The summed E-state index contributed by atoms with van der Waals surface area (Å²) in [5, 5.41) is 0. The van der Waals surface area contributed by atoms with E-state index >= 15 is 0 Å². The van der Waals surface area contributed by atoms with Crippen LogP contribution in [0.2, 0.25) is 0 Å². The second kappa shape index (κ2) is 22.1. The Hall–Kier alpha value is -1.13. The van der Waals surface area contributed by atoms with Crippen molar-refractivity contribution in [3.8, 4) is 5.75 Å². The Morgan fingerprint density at radius 3 is 1.65 bits per heavy atom. The molecule has 3 nitrogen and oxygen atoms in total. The van der Waals surface area contributed by atoms with Gasteiger partial charge in [0.1, 0.15) is 12.4 Å². The highest BCUT2D eigenvalue weighted by molar-refractivity contribution is 5.26. The molecule has 0 N–H and O–H groups in total. The first-order valence-electron chi connectivity index (χ1n) is 12.8. The van der Waals surface area contributed by atoms with Crippen LogP contribution < -0.4 is 4.74 Å². The fourth-order valence-corrected chi connectivity index (χ4v) is 3.63. The van der Waals surface area contributed by atoms with Gasteiger partial charge in [-0.05, 0) is 24.1 Å². The molecule has 0 unspecified atom stereocenters. The first-order chi connectivity index (χ1) is 15.4. The van der Waals surface area contributed by atoms with Gasteiger partial charge in [-0.25, -0.2) is 4.39 Å². The number of rotatable bonds is 23. The standard InChI is InChI=1S/C27H47FO3/c1-2-3-4-5-6-7-8-9-10-11-12-13-14-15-21-31-27-18-16-26(17-19-27)25-30-24-23-29-22-20-28/h16-19H,2-15,20-25H2,1H3. The predicted molar refractivity (Wildman–Crippen MR) is 129 cm³/mol. The average Bonchev–Trinajstić information content (AvgIpc) is 2.79. The van der Waals surface area contributed by atoms with Gasteiger partial charge in [0.25, 0.3) is 0 Å². The minimum absolute atomic E-state index is 0.148. The van der Waals surface area contributed by atoms with E-state index in [0.717, 1.165) is 24.3 Å². The summed E-state index contributed by atoms with van der Waals surface area (Å²) >= 11 is 0. The lowest BCUT2D eigenvalue weighted by Gasteiger charge is -2.08. The Kier molecular flexibility index (Phi) is 19.9. The molecule has 180 valence electrons. The van der Waals surface area contributed by atoms with Crippen LogP contribution in [0.15, 0.2) is 24.3 Å². The molecule has 0 bridgehead atoms. The Balaban J connectivity index is 1.86. The van der Waals surface area contributed by atoms with E-state index in [9.17, 15) is 4.39 Å². The van der Waals surface area contributed by atoms with Crippen LogP contribution in [0.5, 0.6) is 5.75 Å². The molecule has 0 spiro atoms. The molecule has 1 aromatic rings. The molecule has 0 aromatic heterocycles. The number of benzene rings is 1. The molecule has 31 heavy (non-hydrogen) atoms. The summed E-state index contributed by atoms with van der Waals surface area (Å²) in [6.07, 6.45) is 19.2. The molecular weight excluding hydrogens is 391 g/mol. The fourth-order valence-electron chi connectivity index (χ4n) is 3.63. The van der Waals surface area contributed by atoms with E-state index in [0.29, 0.717) is 19.8 Å². The molecule has 0 atom stereocenters. The van der Waals surface area contributed by atoms with Crippen LogP contribution in [0.4, 0.5) is 4.39 Å². The molecule has 0 aliphatic rings. The molecule has 0 radical (unpaired) electrons. The summed E-state index contributed by atoms with van der Waals surface area (Å²) < 4.78 is 28.3. The third-order valence-electron chi connectivity index (χ3n) is 5.55. The lowest BCUT2D eigenvalue weighted by atomic mass is 10.0. The quantitative estimate of drug-likeness (QED) is 0.162. The molecule has 4 heteroatoms. The number of ether oxygens (including phenoxy) is 3. The average molecular weight is 439 g/mol. The van der Waals surface area contributed by atoms with E-state index in [1.54, 1.807) is 0 Å². The summed E-state index contributed by atoms with van der Waals surface area (Å²) in [7, 11) is 0. The van der Waals surface area contributed by atoms with Gasteiger partial charge in [0.05, 0.1) is 33.0 Å². The zero-order valence-electron chi connectivity index (χ0n) is 20.1. The van der Waals surface area contributed by atoms with Crippen molar-refractivity contribution in [3.05, 3.63) is 29.8 Å². The highest BCUT2D eigenvalue weighted by Gasteiger charge is 1.98. The molecule has 0 saturated heterocycles. The molecular formula is C27H47FO3. The fraction of sp³-hybridized carbons (Fsp3) is 0.778. The maximum atomic E-state index is 11.9. The Morgan fingerprint density at radius 2 is 1.10 bits per heavy atom. The monoisotopic (exact) mass is 438 g/mol. The van der Waals surface area contributed by atoms with Crippen LogP contribution in [0.25, 0.3) is 0 Å². The van der Waals surface area contributed by atoms with Crippen molar-refractivity contribution in [3.63, 3.8) is 0 Å². The number of halogens is 1. The first kappa shape index (κ1) is 27.9. The van der Waals surface area contributed by atoms with E-state index in [4.69, 9.17) is 14.2 Å². The molecule has 0 fully saturated rings. The number of hydrogen-bond acceptors (Lipinski definition) is 3. The van der Waals surface area contributed by atoms with Gasteiger partial charge >= 0.3 is 0 Å². The smallest absolute Gasteiger partial charge is 0.119 e. The largest absolute Gasteiger partial charge is 0.494 e. The van der Waals surface area contributed by atoms with Gasteiger partial charge < -0.3 is 14.2 Å². The Bertz CT molecular complexity index is 478. The molecule has 1 aromatic carbocycles. The van der Waals surface area contributed by atoms with Gasteiger partial charge in [-0.1, -0.05) is 103 Å². The third kappa shape index (κ3) is 18.2. The molecule has 0 amide bonds. The number of unbranched alkanes of at least 4 members (excludes halogenated alkanes) is 13. The van der Waals surface area contributed by atoms with Crippen LogP contribution >= 0.6 is 0 Å². The van der Waals surface area contributed by atoms with E-state index in [-0.39, 0.29) is 6.61 Å². The normalized spacial score (nSPS) is 11.2. The molecule has 0 saturated carbocycles. The SMILES string of the molecule is CCCCCCCCCCCCCCCCOc1ccc(COCCOCCF)cc1. The van der Waals surface area contributed by atoms with Crippen LogP contribution in [-0.2, 0) is 16.1 Å². The second-order valence-electron chi connectivity index (χ2n) is 8.44. The van der Waals surface area contributed by atoms with Gasteiger partial charge in [0, 0.05) is 0 Å². The van der Waals surface area contributed by atoms with Crippen molar-refractivity contribution in [2.75, 3.05) is 33.1 Å². The van der Waals surface area contributed by atoms with E-state index in [2.05, 4.69) is 6.92 Å². The maximum Gasteiger partial charge on any atom is 0.119 e. The van der Waals surface area contributed by atoms with Crippen molar-refractivity contribution in [2.24, 2.45) is 0 Å². The number of hydrogen-bond donors (Lipinski definition) is 0. The summed E-state index contributed by atoms with van der Waals surface area (Å²) in [4.78, 5) is 0. The summed E-state index contributed by atoms with van der Waals surface area (Å²) in [5.41, 5.74) is 1.11. The molecule has 0 heterocycles. The third-order valence-corrected chi connectivity index (χ3v) is 5.55. The number of alkyl halides is 1. The van der Waals surface area contributed by atoms with Crippen molar-refractivity contribution in [1.82, 2.24) is 0 Å². The summed E-state index contributed by atoms with van der Waals surface area (Å²) in [5.74, 6) is 0.921. The van der Waals surface area contributed by atoms with Crippen LogP contribution in [-0.4, -0.2) is 33.1 Å². The second-order valence-corrected chi connectivity index (χ2v) is 8.44. The minimum Gasteiger partial charge on any atom is -0.494 e. The van der Waals surface area contributed by atoms with Gasteiger partial charge in [0.15, 0.2) is 0 Å². The van der Waals surface area contributed by atoms with Gasteiger partial charge in [-0.3, -0.25) is 0 Å². The molecule has 0 aliphatic heterocycles. The van der Waals surface area contributed by atoms with E-state index in [1.807, 2.05) is 24.3 Å². The van der Waals surface area contributed by atoms with Crippen LogP contribution in [0.1, 0.15) is 102 Å². The Morgan fingerprint density at radius 1 is 0.581 bits per heavy atom. The van der Waals surface area contributed by atoms with Crippen molar-refractivity contribution in [2.45, 2.75) is 103 Å². The highest BCUT2D eigenvalue weighted by atomic mass is 19.1. The minimum atomic E-state index is -0.444.